The lowest BCUT2D eigenvalue weighted by Crippen LogP contribution is -2.43. The molecule has 0 amide bonds. The van der Waals surface area contributed by atoms with Crippen LogP contribution in [0.5, 0.6) is 11.5 Å². The SMILES string of the molecule is COc1ccc(OC2CCCCC2)c(N2CCNCC2)c1. The molecule has 0 unspecified atom stereocenters. The predicted octanol–water partition coefficient (Wildman–Crippen LogP) is 2.82. The van der Waals surface area contributed by atoms with E-state index in [1.807, 2.05) is 6.07 Å². The summed E-state index contributed by atoms with van der Waals surface area (Å²) in [6, 6.07) is 6.19. The topological polar surface area (TPSA) is 33.7 Å². The first-order valence-electron chi connectivity index (χ1n) is 8.17. The van der Waals surface area contributed by atoms with Crippen LogP contribution >= 0.6 is 0 Å². The van der Waals surface area contributed by atoms with Gasteiger partial charge in [0.2, 0.25) is 0 Å². The summed E-state index contributed by atoms with van der Waals surface area (Å²) < 4.78 is 11.7. The van der Waals surface area contributed by atoms with Gasteiger partial charge in [0.1, 0.15) is 11.5 Å². The molecular weight excluding hydrogens is 264 g/mol. The van der Waals surface area contributed by atoms with E-state index < -0.39 is 0 Å². The third-order valence-electron chi connectivity index (χ3n) is 4.47. The average molecular weight is 290 g/mol. The first-order chi connectivity index (χ1) is 10.4. The zero-order valence-corrected chi connectivity index (χ0v) is 12.9. The maximum absolute atomic E-state index is 6.32. The van der Waals surface area contributed by atoms with Crippen molar-refractivity contribution in [3.63, 3.8) is 0 Å². The summed E-state index contributed by atoms with van der Waals surface area (Å²) in [5.41, 5.74) is 1.18. The number of anilines is 1. The molecule has 0 atom stereocenters. The van der Waals surface area contributed by atoms with Crippen molar-refractivity contribution in [3.05, 3.63) is 18.2 Å². The van der Waals surface area contributed by atoms with Crippen molar-refractivity contribution < 1.29 is 9.47 Å². The number of ether oxygens (including phenoxy) is 2. The highest BCUT2D eigenvalue weighted by molar-refractivity contribution is 5.62. The van der Waals surface area contributed by atoms with Gasteiger partial charge in [-0.2, -0.15) is 0 Å². The van der Waals surface area contributed by atoms with Crippen LogP contribution in [0, 0.1) is 0 Å². The molecule has 1 saturated heterocycles. The molecule has 0 spiro atoms. The first kappa shape index (κ1) is 14.5. The summed E-state index contributed by atoms with van der Waals surface area (Å²) in [6.45, 7) is 4.10. The fourth-order valence-electron chi connectivity index (χ4n) is 3.24. The van der Waals surface area contributed by atoms with E-state index in [2.05, 4.69) is 22.3 Å². The van der Waals surface area contributed by atoms with E-state index in [9.17, 15) is 0 Å². The maximum Gasteiger partial charge on any atom is 0.143 e. The molecular formula is C17H26N2O2. The lowest BCUT2D eigenvalue weighted by molar-refractivity contribution is 0.155. The zero-order chi connectivity index (χ0) is 14.5. The van der Waals surface area contributed by atoms with Crippen molar-refractivity contribution in [3.8, 4) is 11.5 Å². The van der Waals surface area contributed by atoms with Crippen molar-refractivity contribution in [1.29, 1.82) is 0 Å². The van der Waals surface area contributed by atoms with Crippen molar-refractivity contribution in [1.82, 2.24) is 5.32 Å². The standard InChI is InChI=1S/C17H26N2O2/c1-20-15-7-8-17(21-14-5-3-2-4-6-14)16(13-15)19-11-9-18-10-12-19/h7-8,13-14,18H,2-6,9-12H2,1H3. The molecule has 1 saturated carbocycles. The highest BCUT2D eigenvalue weighted by atomic mass is 16.5. The largest absolute Gasteiger partial charge is 0.497 e. The van der Waals surface area contributed by atoms with Crippen molar-refractivity contribution in [2.75, 3.05) is 38.2 Å². The minimum Gasteiger partial charge on any atom is -0.497 e. The molecule has 4 nitrogen and oxygen atoms in total. The van der Waals surface area contributed by atoms with Crippen LogP contribution in [-0.4, -0.2) is 39.4 Å². The Morgan fingerprint density at radius 1 is 1.10 bits per heavy atom. The number of piperazine rings is 1. The van der Waals surface area contributed by atoms with Crippen LogP contribution in [-0.2, 0) is 0 Å². The molecule has 2 aliphatic rings. The lowest BCUT2D eigenvalue weighted by atomic mass is 9.98. The number of hydrogen-bond donors (Lipinski definition) is 1. The van der Waals surface area contributed by atoms with E-state index in [4.69, 9.17) is 9.47 Å². The van der Waals surface area contributed by atoms with Crippen molar-refractivity contribution >= 4 is 5.69 Å². The van der Waals surface area contributed by atoms with E-state index in [0.29, 0.717) is 6.10 Å². The Hall–Kier alpha value is -1.42. The molecule has 116 valence electrons. The van der Waals surface area contributed by atoms with E-state index in [1.165, 1.54) is 37.8 Å². The van der Waals surface area contributed by atoms with Crippen LogP contribution in [0.15, 0.2) is 18.2 Å². The Labute approximate surface area is 127 Å². The fourth-order valence-corrected chi connectivity index (χ4v) is 3.24. The normalized spacial score (nSPS) is 20.3. The molecule has 0 aromatic heterocycles. The van der Waals surface area contributed by atoms with Gasteiger partial charge in [-0.1, -0.05) is 6.42 Å². The van der Waals surface area contributed by atoms with Gasteiger partial charge < -0.3 is 19.7 Å². The van der Waals surface area contributed by atoms with Gasteiger partial charge in [-0.25, -0.2) is 0 Å². The quantitative estimate of drug-likeness (QED) is 0.924. The van der Waals surface area contributed by atoms with E-state index >= 15 is 0 Å². The summed E-state index contributed by atoms with van der Waals surface area (Å²) in [5.74, 6) is 1.92. The van der Waals surface area contributed by atoms with Crippen LogP contribution in [0.3, 0.4) is 0 Å². The summed E-state index contributed by atoms with van der Waals surface area (Å²) in [6.07, 6.45) is 6.70. The summed E-state index contributed by atoms with van der Waals surface area (Å²) in [7, 11) is 1.72. The molecule has 1 aliphatic heterocycles. The fraction of sp³-hybridized carbons (Fsp3) is 0.647. The molecule has 4 heteroatoms. The Bertz CT molecular complexity index is 452. The van der Waals surface area contributed by atoms with Gasteiger partial charge >= 0.3 is 0 Å². The molecule has 0 radical (unpaired) electrons. The van der Waals surface area contributed by atoms with E-state index in [1.54, 1.807) is 7.11 Å². The number of nitrogens with one attached hydrogen (secondary N) is 1. The Morgan fingerprint density at radius 2 is 1.86 bits per heavy atom. The number of rotatable bonds is 4. The number of nitrogens with zero attached hydrogens (tertiary/aromatic N) is 1. The third kappa shape index (κ3) is 3.62. The van der Waals surface area contributed by atoms with Crippen LogP contribution in [0.1, 0.15) is 32.1 Å². The summed E-state index contributed by atoms with van der Waals surface area (Å²) in [4.78, 5) is 2.40. The molecule has 1 aromatic carbocycles. The highest BCUT2D eigenvalue weighted by Gasteiger charge is 2.20. The van der Waals surface area contributed by atoms with Crippen LogP contribution in [0.25, 0.3) is 0 Å². The van der Waals surface area contributed by atoms with Gasteiger partial charge in [-0.3, -0.25) is 0 Å². The van der Waals surface area contributed by atoms with Gasteiger partial charge in [0.15, 0.2) is 0 Å². The molecule has 0 bridgehead atoms. The third-order valence-corrected chi connectivity index (χ3v) is 4.47. The molecule has 1 heterocycles. The molecule has 21 heavy (non-hydrogen) atoms. The Balaban J connectivity index is 1.79. The molecule has 1 aromatic rings. The second-order valence-electron chi connectivity index (χ2n) is 5.95. The van der Waals surface area contributed by atoms with Gasteiger partial charge in [0.05, 0.1) is 18.9 Å². The molecule has 1 aliphatic carbocycles. The zero-order valence-electron chi connectivity index (χ0n) is 12.9. The number of benzene rings is 1. The monoisotopic (exact) mass is 290 g/mol. The lowest BCUT2D eigenvalue weighted by Gasteiger charge is -2.32. The summed E-state index contributed by atoms with van der Waals surface area (Å²) in [5, 5.41) is 3.40. The average Bonchev–Trinajstić information content (AvgIpc) is 2.57. The van der Waals surface area contributed by atoms with Gasteiger partial charge in [0.25, 0.3) is 0 Å². The van der Waals surface area contributed by atoms with Crippen molar-refractivity contribution in [2.24, 2.45) is 0 Å². The number of methoxy groups -OCH3 is 1. The van der Waals surface area contributed by atoms with Crippen LogP contribution < -0.4 is 19.7 Å². The van der Waals surface area contributed by atoms with Gasteiger partial charge in [0, 0.05) is 32.2 Å². The predicted molar refractivity (Wildman–Crippen MR) is 85.6 cm³/mol. The minimum atomic E-state index is 0.383. The first-order valence-corrected chi connectivity index (χ1v) is 8.17. The van der Waals surface area contributed by atoms with E-state index in [0.717, 1.165) is 37.7 Å². The Morgan fingerprint density at radius 3 is 2.57 bits per heavy atom. The second-order valence-corrected chi connectivity index (χ2v) is 5.95. The maximum atomic E-state index is 6.32. The van der Waals surface area contributed by atoms with Gasteiger partial charge in [-0.15, -0.1) is 0 Å². The van der Waals surface area contributed by atoms with Crippen molar-refractivity contribution in [2.45, 2.75) is 38.2 Å². The highest BCUT2D eigenvalue weighted by Crippen LogP contribution is 2.35. The van der Waals surface area contributed by atoms with Crippen LogP contribution in [0.4, 0.5) is 5.69 Å². The van der Waals surface area contributed by atoms with E-state index in [-0.39, 0.29) is 0 Å². The number of hydrogen-bond acceptors (Lipinski definition) is 4. The second kappa shape index (κ2) is 7.03. The smallest absolute Gasteiger partial charge is 0.143 e. The molecule has 3 rings (SSSR count). The van der Waals surface area contributed by atoms with Crippen LogP contribution in [0.2, 0.25) is 0 Å². The van der Waals surface area contributed by atoms with Gasteiger partial charge in [-0.05, 0) is 37.8 Å². The summed E-state index contributed by atoms with van der Waals surface area (Å²) >= 11 is 0. The molecule has 1 N–H and O–H groups in total. The molecule has 2 fully saturated rings. The minimum absolute atomic E-state index is 0.383. The Kier molecular flexibility index (Phi) is 4.86.